The lowest BCUT2D eigenvalue weighted by Crippen LogP contribution is -2.46. The van der Waals surface area contributed by atoms with Crippen LogP contribution < -0.4 is 0 Å². The van der Waals surface area contributed by atoms with Crippen molar-refractivity contribution in [3.05, 3.63) is 39.2 Å². The van der Waals surface area contributed by atoms with Gasteiger partial charge >= 0.3 is 6.29 Å². The molecule has 2 unspecified atom stereocenters. The first kappa shape index (κ1) is 14.6. The van der Waals surface area contributed by atoms with Gasteiger partial charge in [0.05, 0.1) is 4.92 Å². The van der Waals surface area contributed by atoms with Gasteiger partial charge in [-0.2, -0.15) is 4.90 Å². The quantitative estimate of drug-likeness (QED) is 0.482. The van der Waals surface area contributed by atoms with E-state index in [-0.39, 0.29) is 18.9 Å². The zero-order valence-corrected chi connectivity index (χ0v) is 11.5. The fourth-order valence-corrected chi connectivity index (χ4v) is 2.29. The summed E-state index contributed by atoms with van der Waals surface area (Å²) in [6.07, 6.45) is -1.07. The van der Waals surface area contributed by atoms with E-state index in [0.717, 1.165) is 0 Å². The van der Waals surface area contributed by atoms with E-state index in [1.165, 1.54) is 16.0 Å². The Morgan fingerprint density at radius 1 is 1.60 bits per heavy atom. The fraction of sp³-hybridized carbons (Fsp3) is 0.455. The minimum absolute atomic E-state index is 0.107. The molecule has 0 aliphatic carbocycles. The molecule has 0 aromatic carbocycles. The van der Waals surface area contributed by atoms with Crippen molar-refractivity contribution in [1.82, 2.24) is 14.8 Å². The van der Waals surface area contributed by atoms with Crippen LogP contribution in [0.3, 0.4) is 0 Å². The van der Waals surface area contributed by atoms with Gasteiger partial charge in [-0.15, -0.1) is 0 Å². The largest absolute Gasteiger partial charge is 0.371 e. The molecule has 1 aliphatic heterocycles. The average Bonchev–Trinajstić information content (AvgIpc) is 2.65. The number of halogens is 1. The first-order chi connectivity index (χ1) is 9.45. The standard InChI is InChI=1S/C11H14ClN5O3/c1-2-15-9(13)10(18)16(11(15)17(19)20)6-7-3-4-8(12)14-5-7/h3-5,10-11,13,18H,2,6H2,1H3. The highest BCUT2D eigenvalue weighted by Gasteiger charge is 2.49. The van der Waals surface area contributed by atoms with E-state index < -0.39 is 17.4 Å². The molecule has 2 atom stereocenters. The zero-order valence-electron chi connectivity index (χ0n) is 10.7. The van der Waals surface area contributed by atoms with Crippen LogP contribution in [-0.2, 0) is 6.54 Å². The minimum atomic E-state index is -1.30. The normalized spacial score (nSPS) is 23.4. The molecule has 0 saturated carbocycles. The second-order valence-electron chi connectivity index (χ2n) is 4.34. The summed E-state index contributed by atoms with van der Waals surface area (Å²) in [5, 5.41) is 29.3. The lowest BCUT2D eigenvalue weighted by molar-refractivity contribution is -0.572. The van der Waals surface area contributed by atoms with Gasteiger partial charge in [-0.3, -0.25) is 20.4 Å². The molecule has 2 rings (SSSR count). The topological polar surface area (TPSA) is 107 Å². The number of amidine groups is 1. The molecule has 1 aromatic heterocycles. The third kappa shape index (κ3) is 2.58. The van der Waals surface area contributed by atoms with Crippen molar-refractivity contribution in [2.45, 2.75) is 26.0 Å². The third-order valence-electron chi connectivity index (χ3n) is 3.13. The van der Waals surface area contributed by atoms with Crippen molar-refractivity contribution in [2.75, 3.05) is 6.54 Å². The van der Waals surface area contributed by atoms with E-state index in [1.807, 2.05) is 0 Å². The van der Waals surface area contributed by atoms with Crippen LogP contribution in [0.1, 0.15) is 12.5 Å². The third-order valence-corrected chi connectivity index (χ3v) is 3.35. The Morgan fingerprint density at radius 2 is 2.30 bits per heavy atom. The predicted octanol–water partition coefficient (Wildman–Crippen LogP) is 0.728. The smallest absolute Gasteiger partial charge is 0.352 e. The highest BCUT2D eigenvalue weighted by Crippen LogP contribution is 2.23. The van der Waals surface area contributed by atoms with Gasteiger partial charge in [-0.1, -0.05) is 17.7 Å². The molecule has 1 saturated heterocycles. The molecule has 0 radical (unpaired) electrons. The first-order valence-corrected chi connectivity index (χ1v) is 6.36. The first-order valence-electron chi connectivity index (χ1n) is 5.98. The van der Waals surface area contributed by atoms with Gasteiger partial charge in [0, 0.05) is 19.3 Å². The van der Waals surface area contributed by atoms with Gasteiger partial charge in [0.2, 0.25) is 0 Å². The minimum Gasteiger partial charge on any atom is -0.371 e. The Hall–Kier alpha value is -1.77. The van der Waals surface area contributed by atoms with Crippen LogP contribution in [-0.4, -0.2) is 49.7 Å². The maximum absolute atomic E-state index is 11.2. The number of hydrogen-bond donors (Lipinski definition) is 2. The average molecular weight is 300 g/mol. The molecule has 108 valence electrons. The van der Waals surface area contributed by atoms with Crippen molar-refractivity contribution in [3.63, 3.8) is 0 Å². The second kappa shape index (κ2) is 5.70. The summed E-state index contributed by atoms with van der Waals surface area (Å²) in [5.74, 6) is -0.170. The van der Waals surface area contributed by atoms with Crippen LogP contribution in [0.25, 0.3) is 0 Å². The van der Waals surface area contributed by atoms with Crippen LogP contribution in [0.5, 0.6) is 0 Å². The molecule has 9 heteroatoms. The van der Waals surface area contributed by atoms with Crippen molar-refractivity contribution < 1.29 is 10.0 Å². The number of aromatic nitrogens is 1. The van der Waals surface area contributed by atoms with E-state index in [9.17, 15) is 15.2 Å². The number of aliphatic hydroxyl groups excluding tert-OH is 1. The molecule has 2 heterocycles. The van der Waals surface area contributed by atoms with E-state index >= 15 is 0 Å². The SMILES string of the molecule is CCN1C(=N)C(O)N(Cc2ccc(Cl)nc2)C1[N+](=O)[O-]. The Kier molecular flexibility index (Phi) is 4.17. The number of aliphatic hydroxyl groups is 1. The molecule has 1 aromatic rings. The summed E-state index contributed by atoms with van der Waals surface area (Å²) in [6.45, 7) is 2.08. The fourth-order valence-electron chi connectivity index (χ4n) is 2.18. The second-order valence-corrected chi connectivity index (χ2v) is 4.73. The molecule has 20 heavy (non-hydrogen) atoms. The summed E-state index contributed by atoms with van der Waals surface area (Å²) in [5.41, 5.74) is 0.672. The highest BCUT2D eigenvalue weighted by molar-refractivity contribution is 6.29. The van der Waals surface area contributed by atoms with Crippen LogP contribution in [0.4, 0.5) is 0 Å². The molecule has 1 aliphatic rings. The Labute approximate surface area is 120 Å². The van der Waals surface area contributed by atoms with Crippen LogP contribution in [0.2, 0.25) is 5.15 Å². The number of nitro groups is 1. The molecule has 0 spiro atoms. The van der Waals surface area contributed by atoms with Crippen molar-refractivity contribution in [2.24, 2.45) is 0 Å². The Morgan fingerprint density at radius 3 is 2.80 bits per heavy atom. The number of rotatable bonds is 4. The van der Waals surface area contributed by atoms with Gasteiger partial charge in [-0.05, 0) is 18.6 Å². The number of likely N-dealkylation sites (N-methyl/N-ethyl adjacent to an activating group) is 1. The van der Waals surface area contributed by atoms with Gasteiger partial charge in [0.25, 0.3) is 0 Å². The molecule has 2 N–H and O–H groups in total. The summed E-state index contributed by atoms with van der Waals surface area (Å²) in [6, 6.07) is 3.25. The lowest BCUT2D eigenvalue weighted by Gasteiger charge is -2.22. The zero-order chi connectivity index (χ0) is 14.9. The van der Waals surface area contributed by atoms with Crippen molar-refractivity contribution >= 4 is 17.4 Å². The van der Waals surface area contributed by atoms with Crippen molar-refractivity contribution in [1.29, 1.82) is 5.41 Å². The van der Waals surface area contributed by atoms with Gasteiger partial charge in [0.1, 0.15) is 11.0 Å². The monoisotopic (exact) mass is 299 g/mol. The molecule has 1 fully saturated rings. The Bertz CT molecular complexity index is 523. The number of pyridine rings is 1. The van der Waals surface area contributed by atoms with Crippen LogP contribution in [0.15, 0.2) is 18.3 Å². The summed E-state index contributed by atoms with van der Waals surface area (Å²) in [4.78, 5) is 17.0. The summed E-state index contributed by atoms with van der Waals surface area (Å²) in [7, 11) is 0. The molecular formula is C11H14ClN5O3. The Balaban J connectivity index is 2.26. The number of nitrogens with one attached hydrogen (secondary N) is 1. The van der Waals surface area contributed by atoms with Crippen LogP contribution in [0, 0.1) is 15.5 Å². The molecule has 0 amide bonds. The lowest BCUT2D eigenvalue weighted by atomic mass is 10.2. The van der Waals surface area contributed by atoms with E-state index in [0.29, 0.717) is 10.7 Å². The maximum atomic E-state index is 11.2. The van der Waals surface area contributed by atoms with Crippen molar-refractivity contribution in [3.8, 4) is 0 Å². The maximum Gasteiger partial charge on any atom is 0.352 e. The summed E-state index contributed by atoms with van der Waals surface area (Å²) < 4.78 is 0. The molecular weight excluding hydrogens is 286 g/mol. The highest BCUT2D eigenvalue weighted by atomic mass is 35.5. The van der Waals surface area contributed by atoms with E-state index in [2.05, 4.69) is 4.98 Å². The molecule has 0 bridgehead atoms. The van der Waals surface area contributed by atoms with Crippen LogP contribution >= 0.6 is 11.6 Å². The van der Waals surface area contributed by atoms with E-state index in [4.69, 9.17) is 17.0 Å². The number of nitrogens with zero attached hydrogens (tertiary/aromatic N) is 4. The predicted molar refractivity (Wildman–Crippen MR) is 71.7 cm³/mol. The van der Waals surface area contributed by atoms with Gasteiger partial charge < -0.3 is 5.11 Å². The van der Waals surface area contributed by atoms with E-state index in [1.54, 1.807) is 19.1 Å². The molecule has 8 nitrogen and oxygen atoms in total. The number of hydrogen-bond acceptors (Lipinski definition) is 6. The van der Waals surface area contributed by atoms with Gasteiger partial charge in [-0.25, -0.2) is 4.98 Å². The van der Waals surface area contributed by atoms with Gasteiger partial charge in [0.15, 0.2) is 6.23 Å². The summed E-state index contributed by atoms with van der Waals surface area (Å²) >= 11 is 5.68.